The van der Waals surface area contributed by atoms with Crippen LogP contribution in [0.25, 0.3) is 6.08 Å². The predicted octanol–water partition coefficient (Wildman–Crippen LogP) is 3.56. The van der Waals surface area contributed by atoms with Crippen molar-refractivity contribution in [1.29, 1.82) is 0 Å². The standard InChI is InChI=1S/C19H19FN6OS/c20-14-1-3-17(22-9-14)25-19-24-16(11-28-19)13-5-7-26(8-6-13)18(27)4-2-15-10-21-12-23-15/h1-4,9-13H,5-8H2,(H,21,23)(H,22,24,25)/b4-2+. The number of nitrogens with one attached hydrogen (secondary N) is 2. The van der Waals surface area contributed by atoms with Crippen LogP contribution in [0, 0.1) is 5.82 Å². The van der Waals surface area contributed by atoms with Gasteiger partial charge in [0.2, 0.25) is 5.91 Å². The third-order valence-electron chi connectivity index (χ3n) is 4.63. The topological polar surface area (TPSA) is 86.8 Å². The lowest BCUT2D eigenvalue weighted by Gasteiger charge is -2.30. The number of aromatic amines is 1. The SMILES string of the molecule is O=C(/C=C/c1cnc[nH]1)N1CCC(c2csc(Nc3ccc(F)cn3)n2)CC1. The molecule has 0 atom stereocenters. The Labute approximate surface area is 165 Å². The van der Waals surface area contributed by atoms with Gasteiger partial charge < -0.3 is 15.2 Å². The molecule has 0 unspecified atom stereocenters. The molecule has 1 aliphatic rings. The molecular formula is C19H19FN6OS. The maximum Gasteiger partial charge on any atom is 0.246 e. The Morgan fingerprint density at radius 3 is 2.89 bits per heavy atom. The molecule has 7 nitrogen and oxygen atoms in total. The van der Waals surface area contributed by atoms with Gasteiger partial charge in [0.25, 0.3) is 0 Å². The van der Waals surface area contributed by atoms with E-state index >= 15 is 0 Å². The van der Waals surface area contributed by atoms with Gasteiger partial charge in [-0.15, -0.1) is 11.3 Å². The van der Waals surface area contributed by atoms with Gasteiger partial charge in [-0.2, -0.15) is 0 Å². The number of hydrogen-bond acceptors (Lipinski definition) is 6. The van der Waals surface area contributed by atoms with E-state index in [4.69, 9.17) is 0 Å². The molecule has 0 aromatic carbocycles. The fourth-order valence-corrected chi connectivity index (χ4v) is 3.91. The third kappa shape index (κ3) is 4.42. The van der Waals surface area contributed by atoms with Crippen LogP contribution in [0.1, 0.15) is 30.1 Å². The van der Waals surface area contributed by atoms with Crippen molar-refractivity contribution in [2.24, 2.45) is 0 Å². The van der Waals surface area contributed by atoms with Crippen LogP contribution in [0.2, 0.25) is 0 Å². The molecule has 1 amide bonds. The van der Waals surface area contributed by atoms with Crippen LogP contribution in [-0.4, -0.2) is 43.8 Å². The Balaban J connectivity index is 1.31. The van der Waals surface area contributed by atoms with Crippen molar-refractivity contribution in [3.05, 3.63) is 59.5 Å². The summed E-state index contributed by atoms with van der Waals surface area (Å²) in [5.41, 5.74) is 1.83. The van der Waals surface area contributed by atoms with E-state index in [1.807, 2.05) is 10.3 Å². The highest BCUT2D eigenvalue weighted by atomic mass is 32.1. The van der Waals surface area contributed by atoms with E-state index in [9.17, 15) is 9.18 Å². The van der Waals surface area contributed by atoms with Crippen LogP contribution < -0.4 is 5.32 Å². The number of amides is 1. The van der Waals surface area contributed by atoms with Gasteiger partial charge in [-0.25, -0.2) is 19.3 Å². The number of piperidine rings is 1. The van der Waals surface area contributed by atoms with Crippen LogP contribution in [0.15, 0.2) is 42.3 Å². The molecule has 2 N–H and O–H groups in total. The average molecular weight is 398 g/mol. The van der Waals surface area contributed by atoms with Gasteiger partial charge >= 0.3 is 0 Å². The normalized spacial score (nSPS) is 15.2. The predicted molar refractivity (Wildman–Crippen MR) is 106 cm³/mol. The van der Waals surface area contributed by atoms with Gasteiger partial charge in [0, 0.05) is 30.5 Å². The minimum Gasteiger partial charge on any atom is -0.345 e. The molecule has 0 bridgehead atoms. The zero-order chi connectivity index (χ0) is 19.3. The van der Waals surface area contributed by atoms with Crippen molar-refractivity contribution in [2.45, 2.75) is 18.8 Å². The van der Waals surface area contributed by atoms with Gasteiger partial charge in [-0.1, -0.05) is 0 Å². The van der Waals surface area contributed by atoms with Gasteiger partial charge in [0.15, 0.2) is 5.13 Å². The fraction of sp³-hybridized carbons (Fsp3) is 0.263. The van der Waals surface area contributed by atoms with Crippen LogP contribution in [0.5, 0.6) is 0 Å². The lowest BCUT2D eigenvalue weighted by Crippen LogP contribution is -2.36. The van der Waals surface area contributed by atoms with Crippen molar-refractivity contribution in [1.82, 2.24) is 24.8 Å². The van der Waals surface area contributed by atoms with Crippen molar-refractivity contribution in [2.75, 3.05) is 18.4 Å². The summed E-state index contributed by atoms with van der Waals surface area (Å²) in [4.78, 5) is 29.7. The number of carbonyl (C=O) groups is 1. The lowest BCUT2D eigenvalue weighted by atomic mass is 9.94. The smallest absolute Gasteiger partial charge is 0.246 e. The summed E-state index contributed by atoms with van der Waals surface area (Å²) in [5.74, 6) is 0.530. The number of halogens is 1. The summed E-state index contributed by atoms with van der Waals surface area (Å²) in [6.07, 6.45) is 9.50. The molecule has 28 heavy (non-hydrogen) atoms. The molecule has 1 aliphatic heterocycles. The number of aromatic nitrogens is 4. The highest BCUT2D eigenvalue weighted by molar-refractivity contribution is 7.13. The molecular weight excluding hydrogens is 379 g/mol. The highest BCUT2D eigenvalue weighted by Crippen LogP contribution is 2.31. The minimum absolute atomic E-state index is 0.0102. The average Bonchev–Trinajstić information content (AvgIpc) is 3.40. The number of imidazole rings is 1. The van der Waals surface area contributed by atoms with E-state index in [2.05, 4.69) is 25.3 Å². The minimum atomic E-state index is -0.369. The molecule has 144 valence electrons. The fourth-order valence-electron chi connectivity index (χ4n) is 3.11. The van der Waals surface area contributed by atoms with E-state index in [0.29, 0.717) is 24.8 Å². The zero-order valence-corrected chi connectivity index (χ0v) is 15.8. The number of pyridine rings is 1. The Morgan fingerprint density at radius 1 is 1.32 bits per heavy atom. The second kappa shape index (κ2) is 8.30. The summed E-state index contributed by atoms with van der Waals surface area (Å²) in [7, 11) is 0. The first-order valence-corrected chi connectivity index (χ1v) is 9.85. The Kier molecular flexibility index (Phi) is 5.43. The Morgan fingerprint density at radius 2 is 2.18 bits per heavy atom. The number of thiazole rings is 1. The second-order valence-corrected chi connectivity index (χ2v) is 7.36. The maximum atomic E-state index is 12.9. The van der Waals surface area contributed by atoms with Crippen molar-refractivity contribution >= 4 is 34.3 Å². The van der Waals surface area contributed by atoms with E-state index < -0.39 is 0 Å². The molecule has 9 heteroatoms. The molecule has 3 aromatic heterocycles. The van der Waals surface area contributed by atoms with Gasteiger partial charge in [-0.05, 0) is 31.1 Å². The van der Waals surface area contributed by atoms with E-state index in [-0.39, 0.29) is 11.7 Å². The third-order valence-corrected chi connectivity index (χ3v) is 5.41. The first-order valence-electron chi connectivity index (χ1n) is 8.97. The van der Waals surface area contributed by atoms with Crippen LogP contribution >= 0.6 is 11.3 Å². The van der Waals surface area contributed by atoms with Crippen LogP contribution in [0.4, 0.5) is 15.3 Å². The van der Waals surface area contributed by atoms with Crippen LogP contribution in [-0.2, 0) is 4.79 Å². The molecule has 3 aromatic rings. The van der Waals surface area contributed by atoms with Crippen LogP contribution in [0.3, 0.4) is 0 Å². The van der Waals surface area contributed by atoms with Gasteiger partial charge in [0.1, 0.15) is 11.6 Å². The summed E-state index contributed by atoms with van der Waals surface area (Å²) < 4.78 is 12.9. The molecule has 1 saturated heterocycles. The van der Waals surface area contributed by atoms with Crippen molar-refractivity contribution in [3.8, 4) is 0 Å². The van der Waals surface area contributed by atoms with E-state index in [1.54, 1.807) is 30.7 Å². The molecule has 1 fully saturated rings. The summed E-state index contributed by atoms with van der Waals surface area (Å²) in [5, 5.41) is 5.86. The van der Waals surface area contributed by atoms with E-state index in [1.165, 1.54) is 23.6 Å². The number of anilines is 2. The summed E-state index contributed by atoms with van der Waals surface area (Å²) in [6, 6.07) is 2.94. The number of H-pyrrole nitrogens is 1. The summed E-state index contributed by atoms with van der Waals surface area (Å²) in [6.45, 7) is 1.41. The maximum absolute atomic E-state index is 12.9. The quantitative estimate of drug-likeness (QED) is 0.642. The first kappa shape index (κ1) is 18.3. The Hall–Kier alpha value is -3.07. The van der Waals surface area contributed by atoms with Crippen molar-refractivity contribution < 1.29 is 9.18 Å². The van der Waals surface area contributed by atoms with Gasteiger partial charge in [0.05, 0.1) is 30.1 Å². The van der Waals surface area contributed by atoms with Gasteiger partial charge in [-0.3, -0.25) is 4.79 Å². The molecule has 0 spiro atoms. The lowest BCUT2D eigenvalue weighted by molar-refractivity contribution is -0.126. The number of likely N-dealkylation sites (tertiary alicyclic amines) is 1. The molecule has 4 rings (SSSR count). The number of carbonyl (C=O) groups excluding carboxylic acids is 1. The largest absolute Gasteiger partial charge is 0.345 e. The molecule has 4 heterocycles. The number of hydrogen-bond donors (Lipinski definition) is 2. The zero-order valence-electron chi connectivity index (χ0n) is 15.0. The second-order valence-electron chi connectivity index (χ2n) is 6.50. The molecule has 0 saturated carbocycles. The summed E-state index contributed by atoms with van der Waals surface area (Å²) >= 11 is 1.50. The monoisotopic (exact) mass is 398 g/mol. The Bertz CT molecular complexity index is 945. The number of rotatable bonds is 5. The molecule has 0 radical (unpaired) electrons. The first-order chi connectivity index (χ1) is 13.7. The highest BCUT2D eigenvalue weighted by Gasteiger charge is 2.24. The van der Waals surface area contributed by atoms with E-state index in [0.717, 1.165) is 29.4 Å². The van der Waals surface area contributed by atoms with Crippen molar-refractivity contribution in [3.63, 3.8) is 0 Å². The molecule has 0 aliphatic carbocycles. The number of nitrogens with zero attached hydrogens (tertiary/aromatic N) is 4.